The fraction of sp³-hybridized carbons (Fsp3) is 0.160. The van der Waals surface area contributed by atoms with Crippen LogP contribution in [0.1, 0.15) is 35.2 Å². The van der Waals surface area contributed by atoms with Gasteiger partial charge in [0.2, 0.25) is 10.0 Å². The van der Waals surface area contributed by atoms with Crippen LogP contribution in [0, 0.1) is 12.7 Å². The van der Waals surface area contributed by atoms with Crippen molar-refractivity contribution in [2.75, 3.05) is 0 Å². The predicted molar refractivity (Wildman–Crippen MR) is 124 cm³/mol. The Kier molecular flexibility index (Phi) is 6.38. The van der Waals surface area contributed by atoms with Crippen LogP contribution >= 0.6 is 11.6 Å². The van der Waals surface area contributed by atoms with Gasteiger partial charge in [0.05, 0.1) is 22.6 Å². The molecule has 0 saturated carbocycles. The maximum atomic E-state index is 14.0. The third kappa shape index (κ3) is 4.57. The first-order chi connectivity index (χ1) is 15.7. The van der Waals surface area contributed by atoms with Crippen LogP contribution < -0.4 is 0 Å². The SMILES string of the molecule is Cc1ccc(S(=O)(=O)N2[C@@H](c3ccc(F)cc3)C(C(=O)O)=CC[C@H]2c2cccc(Cl)c2)cc1. The zero-order valence-electron chi connectivity index (χ0n) is 17.7. The van der Waals surface area contributed by atoms with Crippen LogP contribution in [-0.2, 0) is 14.8 Å². The summed E-state index contributed by atoms with van der Waals surface area (Å²) in [5.41, 5.74) is 1.79. The number of carboxylic acid groups (broad SMARTS) is 1. The van der Waals surface area contributed by atoms with E-state index >= 15 is 0 Å². The van der Waals surface area contributed by atoms with Crippen molar-refractivity contribution in [3.63, 3.8) is 0 Å². The van der Waals surface area contributed by atoms with Crippen molar-refractivity contribution in [2.24, 2.45) is 0 Å². The van der Waals surface area contributed by atoms with E-state index in [2.05, 4.69) is 0 Å². The summed E-state index contributed by atoms with van der Waals surface area (Å²) >= 11 is 6.19. The Morgan fingerprint density at radius 1 is 1.03 bits per heavy atom. The first-order valence-corrected chi connectivity index (χ1v) is 12.0. The lowest BCUT2D eigenvalue weighted by Crippen LogP contribution is -2.42. The monoisotopic (exact) mass is 485 g/mol. The topological polar surface area (TPSA) is 74.7 Å². The van der Waals surface area contributed by atoms with Crippen molar-refractivity contribution in [3.8, 4) is 0 Å². The minimum absolute atomic E-state index is 0.0406. The second kappa shape index (κ2) is 9.09. The molecule has 0 radical (unpaired) electrons. The average Bonchev–Trinajstić information content (AvgIpc) is 2.79. The Hall–Kier alpha value is -3.00. The number of halogens is 2. The zero-order valence-corrected chi connectivity index (χ0v) is 19.2. The van der Waals surface area contributed by atoms with Crippen LogP contribution in [-0.4, -0.2) is 23.8 Å². The highest BCUT2D eigenvalue weighted by atomic mass is 35.5. The lowest BCUT2D eigenvalue weighted by molar-refractivity contribution is -0.133. The highest BCUT2D eigenvalue weighted by Crippen LogP contribution is 2.46. The molecule has 8 heteroatoms. The Morgan fingerprint density at radius 3 is 2.30 bits per heavy atom. The van der Waals surface area contributed by atoms with Crippen molar-refractivity contribution < 1.29 is 22.7 Å². The summed E-state index contributed by atoms with van der Waals surface area (Å²) in [5, 5.41) is 10.4. The lowest BCUT2D eigenvalue weighted by Gasteiger charge is -2.40. The van der Waals surface area contributed by atoms with Crippen molar-refractivity contribution >= 4 is 27.6 Å². The van der Waals surface area contributed by atoms with Crippen LogP contribution in [0.5, 0.6) is 0 Å². The summed E-state index contributed by atoms with van der Waals surface area (Å²) < 4.78 is 42.8. The van der Waals surface area contributed by atoms with Gasteiger partial charge in [-0.1, -0.05) is 59.6 Å². The number of carboxylic acids is 1. The molecule has 0 saturated heterocycles. The van der Waals surface area contributed by atoms with Crippen molar-refractivity contribution in [1.82, 2.24) is 4.31 Å². The highest BCUT2D eigenvalue weighted by molar-refractivity contribution is 7.89. The lowest BCUT2D eigenvalue weighted by atomic mass is 9.89. The number of rotatable bonds is 5. The number of aliphatic carboxylic acids is 1. The number of sulfonamides is 1. The Morgan fingerprint density at radius 2 is 1.70 bits per heavy atom. The third-order valence-electron chi connectivity index (χ3n) is 5.68. The summed E-state index contributed by atoms with van der Waals surface area (Å²) in [5.74, 6) is -1.74. The molecule has 1 aliphatic rings. The molecular formula is C25H21ClFNO4S. The number of hydrogen-bond donors (Lipinski definition) is 1. The largest absolute Gasteiger partial charge is 0.478 e. The number of nitrogens with zero attached hydrogens (tertiary/aromatic N) is 1. The maximum absolute atomic E-state index is 14.0. The second-order valence-corrected chi connectivity index (χ2v) is 10.2. The van der Waals surface area contributed by atoms with E-state index in [4.69, 9.17) is 11.6 Å². The zero-order chi connectivity index (χ0) is 23.8. The molecule has 0 unspecified atom stereocenters. The van der Waals surface area contributed by atoms with E-state index in [1.165, 1.54) is 46.8 Å². The van der Waals surface area contributed by atoms with Crippen molar-refractivity contribution in [1.29, 1.82) is 0 Å². The summed E-state index contributed by atoms with van der Waals surface area (Å²) in [6.07, 6.45) is 1.67. The standard InChI is InChI=1S/C25H21ClFNO4S/c1-16-5-11-21(12-6-16)33(31,32)28-23(18-3-2-4-19(26)15-18)14-13-22(25(29)30)24(28)17-7-9-20(27)10-8-17/h2-13,15,23-24H,14H2,1H3,(H,29,30)/t23-,24-/m0/s1. The Bertz CT molecular complexity index is 1320. The fourth-order valence-corrected chi connectivity index (χ4v) is 6.06. The molecule has 0 fully saturated rings. The molecule has 0 amide bonds. The first-order valence-electron chi connectivity index (χ1n) is 10.2. The molecule has 3 aromatic carbocycles. The van der Waals surface area contributed by atoms with Gasteiger partial charge in [-0.2, -0.15) is 4.31 Å². The molecule has 5 nitrogen and oxygen atoms in total. The second-order valence-electron chi connectivity index (χ2n) is 7.87. The molecule has 0 aliphatic carbocycles. The quantitative estimate of drug-likeness (QED) is 0.505. The van der Waals surface area contributed by atoms with Gasteiger partial charge >= 0.3 is 5.97 Å². The van der Waals surface area contributed by atoms with Crippen LogP contribution in [0.25, 0.3) is 0 Å². The molecule has 0 spiro atoms. The van der Waals surface area contributed by atoms with E-state index in [0.29, 0.717) is 16.1 Å². The smallest absolute Gasteiger partial charge is 0.333 e. The van der Waals surface area contributed by atoms with Crippen LogP contribution in [0.2, 0.25) is 5.02 Å². The predicted octanol–water partition coefficient (Wildman–Crippen LogP) is 5.68. The van der Waals surface area contributed by atoms with E-state index in [9.17, 15) is 22.7 Å². The molecule has 170 valence electrons. The van der Waals surface area contributed by atoms with Crippen LogP contribution in [0.15, 0.2) is 89.3 Å². The van der Waals surface area contributed by atoms with E-state index in [1.54, 1.807) is 36.4 Å². The van der Waals surface area contributed by atoms with E-state index in [1.807, 2.05) is 6.92 Å². The van der Waals surface area contributed by atoms with Gasteiger partial charge < -0.3 is 5.11 Å². The molecule has 0 aromatic heterocycles. The minimum Gasteiger partial charge on any atom is -0.478 e. The highest BCUT2D eigenvalue weighted by Gasteiger charge is 2.44. The minimum atomic E-state index is -4.17. The summed E-state index contributed by atoms with van der Waals surface area (Å²) in [6, 6.07) is 16.5. The molecule has 1 N–H and O–H groups in total. The van der Waals surface area contributed by atoms with E-state index in [0.717, 1.165) is 5.56 Å². The number of carbonyl (C=O) groups is 1. The van der Waals surface area contributed by atoms with Crippen molar-refractivity contribution in [2.45, 2.75) is 30.3 Å². The van der Waals surface area contributed by atoms with Gasteiger partial charge in [0.1, 0.15) is 5.82 Å². The van der Waals surface area contributed by atoms with Crippen LogP contribution in [0.3, 0.4) is 0 Å². The number of hydrogen-bond acceptors (Lipinski definition) is 3. The molecule has 3 aromatic rings. The van der Waals surface area contributed by atoms with Crippen LogP contribution in [0.4, 0.5) is 4.39 Å². The fourth-order valence-electron chi connectivity index (χ4n) is 4.08. The molecule has 2 atom stereocenters. The number of benzene rings is 3. The summed E-state index contributed by atoms with van der Waals surface area (Å²) in [7, 11) is -4.17. The van der Waals surface area contributed by atoms with Crippen molar-refractivity contribution in [3.05, 3.63) is 112 Å². The first kappa shape index (κ1) is 23.2. The van der Waals surface area contributed by atoms with Gasteiger partial charge in [0, 0.05) is 5.02 Å². The van der Waals surface area contributed by atoms with Gasteiger partial charge in [0.25, 0.3) is 0 Å². The number of aryl methyl sites for hydroxylation is 1. The van der Waals surface area contributed by atoms with Gasteiger partial charge in [-0.05, 0) is 60.9 Å². The van der Waals surface area contributed by atoms with Gasteiger partial charge in [-0.15, -0.1) is 0 Å². The average molecular weight is 486 g/mol. The summed E-state index contributed by atoms with van der Waals surface area (Å²) in [4.78, 5) is 12.2. The molecule has 33 heavy (non-hydrogen) atoms. The third-order valence-corrected chi connectivity index (χ3v) is 7.80. The molecule has 1 heterocycles. The molecule has 0 bridgehead atoms. The Balaban J connectivity index is 1.97. The van der Waals surface area contributed by atoms with Gasteiger partial charge in [-0.25, -0.2) is 17.6 Å². The molecule has 4 rings (SSSR count). The van der Waals surface area contributed by atoms with Gasteiger partial charge in [-0.3, -0.25) is 0 Å². The Labute approximate surface area is 196 Å². The normalized spacial score (nSPS) is 19.2. The molecular weight excluding hydrogens is 465 g/mol. The van der Waals surface area contributed by atoms with E-state index in [-0.39, 0.29) is 16.9 Å². The van der Waals surface area contributed by atoms with Gasteiger partial charge in [0.15, 0.2) is 0 Å². The van der Waals surface area contributed by atoms with E-state index < -0.39 is 33.9 Å². The molecule has 1 aliphatic heterocycles. The maximum Gasteiger partial charge on any atom is 0.333 e. The summed E-state index contributed by atoms with van der Waals surface area (Å²) in [6.45, 7) is 1.85.